The second-order valence-electron chi connectivity index (χ2n) is 3.93. The van der Waals surface area contributed by atoms with Gasteiger partial charge in [-0.2, -0.15) is 10.5 Å². The molecule has 0 aromatic heterocycles. The number of nitriles is 2. The SMILES string of the molecule is N#CC1=CC=C2CCCC[C@@H]2[C@H]1C#N. The molecular weight excluding hydrogens is 172 g/mol. The fourth-order valence-electron chi connectivity index (χ4n) is 2.44. The third-order valence-electron chi connectivity index (χ3n) is 3.19. The first-order chi connectivity index (χ1) is 6.86. The zero-order valence-corrected chi connectivity index (χ0v) is 8.03. The van der Waals surface area contributed by atoms with Crippen LogP contribution in [-0.2, 0) is 0 Å². The van der Waals surface area contributed by atoms with Gasteiger partial charge < -0.3 is 0 Å². The van der Waals surface area contributed by atoms with Crippen molar-refractivity contribution in [2.45, 2.75) is 25.7 Å². The number of hydrogen-bond acceptors (Lipinski definition) is 2. The maximum atomic E-state index is 9.06. The van der Waals surface area contributed by atoms with Crippen molar-refractivity contribution < 1.29 is 0 Å². The van der Waals surface area contributed by atoms with E-state index in [-0.39, 0.29) is 5.92 Å². The van der Waals surface area contributed by atoms with Gasteiger partial charge in [-0.3, -0.25) is 0 Å². The van der Waals surface area contributed by atoms with Crippen LogP contribution >= 0.6 is 0 Å². The molecule has 0 aromatic rings. The van der Waals surface area contributed by atoms with Gasteiger partial charge in [-0.1, -0.05) is 18.1 Å². The van der Waals surface area contributed by atoms with E-state index in [1.807, 2.05) is 6.08 Å². The summed E-state index contributed by atoms with van der Waals surface area (Å²) in [7, 11) is 0. The predicted octanol–water partition coefficient (Wildman–Crippen LogP) is 2.71. The molecule has 2 nitrogen and oxygen atoms in total. The van der Waals surface area contributed by atoms with Gasteiger partial charge in [-0.25, -0.2) is 0 Å². The highest BCUT2D eigenvalue weighted by molar-refractivity contribution is 5.40. The van der Waals surface area contributed by atoms with Gasteiger partial charge in [0.1, 0.15) is 0 Å². The monoisotopic (exact) mass is 184 g/mol. The predicted molar refractivity (Wildman–Crippen MR) is 52.8 cm³/mol. The summed E-state index contributed by atoms with van der Waals surface area (Å²) in [6.07, 6.45) is 8.48. The van der Waals surface area contributed by atoms with Crippen LogP contribution in [0.25, 0.3) is 0 Å². The lowest BCUT2D eigenvalue weighted by Crippen LogP contribution is -2.22. The largest absolute Gasteiger partial charge is 0.198 e. The highest BCUT2D eigenvalue weighted by atomic mass is 14.4. The zero-order valence-electron chi connectivity index (χ0n) is 8.03. The van der Waals surface area contributed by atoms with Gasteiger partial charge in [0.15, 0.2) is 0 Å². The van der Waals surface area contributed by atoms with Crippen LogP contribution in [0, 0.1) is 34.5 Å². The van der Waals surface area contributed by atoms with E-state index in [4.69, 9.17) is 10.5 Å². The van der Waals surface area contributed by atoms with E-state index < -0.39 is 0 Å². The Bertz CT molecular complexity index is 376. The molecule has 2 heteroatoms. The molecule has 0 aromatic carbocycles. The Morgan fingerprint density at radius 2 is 2.07 bits per heavy atom. The minimum atomic E-state index is -0.180. The fraction of sp³-hybridized carbons (Fsp3) is 0.500. The fourth-order valence-corrected chi connectivity index (χ4v) is 2.44. The molecule has 0 saturated heterocycles. The van der Waals surface area contributed by atoms with Gasteiger partial charge in [0.25, 0.3) is 0 Å². The minimum absolute atomic E-state index is 0.180. The molecule has 0 radical (unpaired) electrons. The summed E-state index contributed by atoms with van der Waals surface area (Å²) in [5, 5.41) is 17.9. The molecule has 0 amide bonds. The van der Waals surface area contributed by atoms with Crippen molar-refractivity contribution in [1.82, 2.24) is 0 Å². The molecule has 0 unspecified atom stereocenters. The molecule has 0 heterocycles. The van der Waals surface area contributed by atoms with Crippen molar-refractivity contribution in [3.63, 3.8) is 0 Å². The highest BCUT2D eigenvalue weighted by Crippen LogP contribution is 2.40. The Morgan fingerprint density at radius 3 is 2.79 bits per heavy atom. The van der Waals surface area contributed by atoms with Crippen LogP contribution in [0.3, 0.4) is 0 Å². The van der Waals surface area contributed by atoms with Crippen LogP contribution < -0.4 is 0 Å². The first kappa shape index (κ1) is 9.03. The van der Waals surface area contributed by atoms with Crippen LogP contribution in [0.15, 0.2) is 23.3 Å². The van der Waals surface area contributed by atoms with Crippen molar-refractivity contribution in [2.75, 3.05) is 0 Å². The summed E-state index contributed by atoms with van der Waals surface area (Å²) >= 11 is 0. The van der Waals surface area contributed by atoms with Crippen LogP contribution in [-0.4, -0.2) is 0 Å². The Labute approximate surface area is 84.1 Å². The van der Waals surface area contributed by atoms with Crippen molar-refractivity contribution in [1.29, 1.82) is 10.5 Å². The summed E-state index contributed by atoms with van der Waals surface area (Å²) in [6, 6.07) is 4.40. The van der Waals surface area contributed by atoms with E-state index in [0.29, 0.717) is 11.5 Å². The standard InChI is InChI=1S/C12H12N2/c13-7-10-6-5-9-3-1-2-4-11(9)12(10)8-14/h5-6,11-12H,1-4H2/t11-,12-/m0/s1. The van der Waals surface area contributed by atoms with Crippen molar-refractivity contribution in [3.8, 4) is 12.1 Å². The van der Waals surface area contributed by atoms with Crippen LogP contribution in [0.4, 0.5) is 0 Å². The Kier molecular flexibility index (Phi) is 2.37. The molecule has 70 valence electrons. The maximum Gasteiger partial charge on any atom is 0.0961 e. The van der Waals surface area contributed by atoms with E-state index in [0.717, 1.165) is 12.8 Å². The number of hydrogen-bond donors (Lipinski definition) is 0. The lowest BCUT2D eigenvalue weighted by molar-refractivity contribution is 0.400. The Hall–Kier alpha value is -1.54. The maximum absolute atomic E-state index is 9.06. The van der Waals surface area contributed by atoms with Gasteiger partial charge in [0, 0.05) is 11.5 Å². The average Bonchev–Trinajstić information content (AvgIpc) is 2.27. The van der Waals surface area contributed by atoms with Crippen LogP contribution in [0.1, 0.15) is 25.7 Å². The van der Waals surface area contributed by atoms with E-state index in [1.54, 1.807) is 0 Å². The third-order valence-corrected chi connectivity index (χ3v) is 3.19. The molecule has 0 spiro atoms. The zero-order chi connectivity index (χ0) is 9.97. The molecule has 2 atom stereocenters. The molecule has 0 N–H and O–H groups in total. The van der Waals surface area contributed by atoms with Gasteiger partial charge >= 0.3 is 0 Å². The molecular formula is C12H12N2. The second kappa shape index (κ2) is 3.68. The lowest BCUT2D eigenvalue weighted by atomic mass is 9.71. The number of rotatable bonds is 0. The normalized spacial score (nSPS) is 30.4. The molecule has 0 aliphatic heterocycles. The molecule has 2 aliphatic carbocycles. The lowest BCUT2D eigenvalue weighted by Gasteiger charge is -2.31. The van der Waals surface area contributed by atoms with Gasteiger partial charge in [0.2, 0.25) is 0 Å². The van der Waals surface area contributed by atoms with Crippen molar-refractivity contribution in [3.05, 3.63) is 23.3 Å². The summed E-state index contributed by atoms with van der Waals surface area (Å²) in [5.74, 6) is 0.147. The Balaban J connectivity index is 2.34. The number of allylic oxidation sites excluding steroid dienone is 4. The van der Waals surface area contributed by atoms with E-state index >= 15 is 0 Å². The summed E-state index contributed by atoms with van der Waals surface area (Å²) < 4.78 is 0. The highest BCUT2D eigenvalue weighted by Gasteiger charge is 2.31. The van der Waals surface area contributed by atoms with E-state index in [2.05, 4.69) is 18.2 Å². The molecule has 1 saturated carbocycles. The molecule has 0 bridgehead atoms. The molecule has 14 heavy (non-hydrogen) atoms. The molecule has 2 aliphatic rings. The summed E-state index contributed by atoms with van der Waals surface area (Å²) in [4.78, 5) is 0. The molecule has 2 rings (SSSR count). The average molecular weight is 184 g/mol. The van der Waals surface area contributed by atoms with E-state index in [9.17, 15) is 0 Å². The number of nitrogens with zero attached hydrogens (tertiary/aromatic N) is 2. The molecule has 1 fully saturated rings. The van der Waals surface area contributed by atoms with E-state index in [1.165, 1.54) is 18.4 Å². The summed E-state index contributed by atoms with van der Waals surface area (Å²) in [5.41, 5.74) is 2.02. The van der Waals surface area contributed by atoms with Gasteiger partial charge in [0.05, 0.1) is 18.1 Å². The Morgan fingerprint density at radius 1 is 1.21 bits per heavy atom. The van der Waals surface area contributed by atoms with Gasteiger partial charge in [-0.15, -0.1) is 0 Å². The van der Waals surface area contributed by atoms with Crippen LogP contribution in [0.2, 0.25) is 0 Å². The first-order valence-electron chi connectivity index (χ1n) is 5.07. The van der Waals surface area contributed by atoms with Gasteiger partial charge in [-0.05, 0) is 25.3 Å². The minimum Gasteiger partial charge on any atom is -0.198 e. The van der Waals surface area contributed by atoms with Crippen LogP contribution in [0.5, 0.6) is 0 Å². The first-order valence-corrected chi connectivity index (χ1v) is 5.07. The smallest absolute Gasteiger partial charge is 0.0961 e. The summed E-state index contributed by atoms with van der Waals surface area (Å²) in [6.45, 7) is 0. The second-order valence-corrected chi connectivity index (χ2v) is 3.93. The topological polar surface area (TPSA) is 47.6 Å². The quantitative estimate of drug-likeness (QED) is 0.581. The van der Waals surface area contributed by atoms with Crippen molar-refractivity contribution in [2.24, 2.45) is 11.8 Å². The number of fused-ring (bicyclic) bond motifs is 1. The third kappa shape index (κ3) is 1.34. The van der Waals surface area contributed by atoms with Crippen molar-refractivity contribution >= 4 is 0 Å².